The van der Waals surface area contributed by atoms with Crippen LogP contribution in [0.1, 0.15) is 97.8 Å². The van der Waals surface area contributed by atoms with Crippen LogP contribution in [0, 0.1) is 11.8 Å². The fourth-order valence-electron chi connectivity index (χ4n) is 3.92. The fraction of sp³-hybridized carbons (Fsp3) is 0.792. The summed E-state index contributed by atoms with van der Waals surface area (Å²) in [6.45, 7) is 5.54. The Morgan fingerprint density at radius 1 is 1.10 bits per heavy atom. The van der Waals surface area contributed by atoms with E-state index in [9.17, 15) is 19.5 Å². The molecule has 1 aliphatic carbocycles. The summed E-state index contributed by atoms with van der Waals surface area (Å²) >= 11 is 0. The average molecular weight is 425 g/mol. The molecule has 0 spiro atoms. The van der Waals surface area contributed by atoms with Crippen molar-refractivity contribution in [1.82, 2.24) is 0 Å². The number of hydrogen-bond acceptors (Lipinski definition) is 5. The lowest BCUT2D eigenvalue weighted by Gasteiger charge is -2.19. The van der Waals surface area contributed by atoms with Crippen LogP contribution in [0.5, 0.6) is 0 Å². The van der Waals surface area contributed by atoms with Crippen LogP contribution < -0.4 is 0 Å². The predicted molar refractivity (Wildman–Crippen MR) is 116 cm³/mol. The van der Waals surface area contributed by atoms with Gasteiger partial charge in [0.25, 0.3) is 0 Å². The Morgan fingerprint density at radius 3 is 2.43 bits per heavy atom. The Hall–Kier alpha value is -1.69. The molecule has 0 bridgehead atoms. The molecule has 1 saturated carbocycles. The standard InChI is InChI=1S/C24H40O6/c1-24(2,3)30-23(29)13-9-8-10-19(25)16-14-18-15-17-21(26)20(18)11-6-4-5-7-12-22(27)28/h14,16,18-20,25H,4-13,15,17H2,1-3H3,(H,27,28). The highest BCUT2D eigenvalue weighted by Gasteiger charge is 2.32. The predicted octanol–water partition coefficient (Wildman–Crippen LogP) is 4.83. The van der Waals surface area contributed by atoms with Gasteiger partial charge in [-0.25, -0.2) is 0 Å². The molecule has 6 heteroatoms. The third kappa shape index (κ3) is 12.1. The fourth-order valence-corrected chi connectivity index (χ4v) is 3.92. The Bertz CT molecular complexity index is 575. The minimum absolute atomic E-state index is 0.0279. The highest BCUT2D eigenvalue weighted by molar-refractivity contribution is 5.83. The number of carbonyl (C=O) groups is 3. The van der Waals surface area contributed by atoms with Crippen molar-refractivity contribution in [2.45, 2.75) is 110 Å². The van der Waals surface area contributed by atoms with Crippen molar-refractivity contribution in [3.63, 3.8) is 0 Å². The van der Waals surface area contributed by atoms with Crippen LogP contribution in [0.3, 0.4) is 0 Å². The third-order valence-electron chi connectivity index (χ3n) is 5.44. The number of hydrogen-bond donors (Lipinski definition) is 2. The van der Waals surface area contributed by atoms with E-state index in [1.807, 2.05) is 26.8 Å². The maximum absolute atomic E-state index is 12.2. The lowest BCUT2D eigenvalue weighted by Crippen LogP contribution is -2.23. The molecule has 3 atom stereocenters. The number of rotatable bonds is 14. The summed E-state index contributed by atoms with van der Waals surface area (Å²) in [5, 5.41) is 18.9. The Labute approximate surface area is 181 Å². The van der Waals surface area contributed by atoms with Gasteiger partial charge in [-0.1, -0.05) is 31.4 Å². The molecular formula is C24H40O6. The van der Waals surface area contributed by atoms with Gasteiger partial charge in [0, 0.05) is 25.2 Å². The smallest absolute Gasteiger partial charge is 0.306 e. The number of aliphatic hydroxyl groups is 1. The molecule has 0 amide bonds. The van der Waals surface area contributed by atoms with E-state index in [-0.39, 0.29) is 24.2 Å². The number of esters is 1. The van der Waals surface area contributed by atoms with E-state index in [1.54, 1.807) is 6.08 Å². The largest absolute Gasteiger partial charge is 0.481 e. The summed E-state index contributed by atoms with van der Waals surface area (Å²) in [6.07, 6.45) is 11.6. The van der Waals surface area contributed by atoms with E-state index in [1.165, 1.54) is 0 Å². The monoisotopic (exact) mass is 424 g/mol. The van der Waals surface area contributed by atoms with Crippen molar-refractivity contribution in [2.24, 2.45) is 11.8 Å². The molecule has 0 aromatic carbocycles. The number of ether oxygens (including phenoxy) is 1. The van der Waals surface area contributed by atoms with E-state index in [2.05, 4.69) is 0 Å². The molecule has 2 N–H and O–H groups in total. The van der Waals surface area contributed by atoms with Gasteiger partial charge >= 0.3 is 11.9 Å². The van der Waals surface area contributed by atoms with Crippen molar-refractivity contribution < 1.29 is 29.3 Å². The summed E-state index contributed by atoms with van der Waals surface area (Å²) in [6, 6.07) is 0. The first kappa shape index (κ1) is 26.3. The molecule has 30 heavy (non-hydrogen) atoms. The average Bonchev–Trinajstić information content (AvgIpc) is 2.98. The molecule has 172 valence electrons. The summed E-state index contributed by atoms with van der Waals surface area (Å²) in [5.41, 5.74) is -0.465. The molecule has 0 heterocycles. The van der Waals surface area contributed by atoms with Crippen LogP contribution in [0.4, 0.5) is 0 Å². The van der Waals surface area contributed by atoms with Crippen LogP contribution in [-0.4, -0.2) is 39.6 Å². The highest BCUT2D eigenvalue weighted by Crippen LogP contribution is 2.34. The van der Waals surface area contributed by atoms with E-state index < -0.39 is 17.7 Å². The van der Waals surface area contributed by atoms with Crippen molar-refractivity contribution in [3.8, 4) is 0 Å². The van der Waals surface area contributed by atoms with Crippen molar-refractivity contribution in [3.05, 3.63) is 12.2 Å². The molecule has 1 rings (SSSR count). The lowest BCUT2D eigenvalue weighted by atomic mass is 9.89. The van der Waals surface area contributed by atoms with Gasteiger partial charge in [0.05, 0.1) is 6.10 Å². The number of unbranched alkanes of at least 4 members (excludes halogenated alkanes) is 4. The number of ketones is 1. The first-order chi connectivity index (χ1) is 14.1. The SMILES string of the molecule is CC(C)(C)OC(=O)CCCCC(O)C=CC1CCC(=O)C1CCCCCCC(=O)O. The second-order valence-electron chi connectivity index (χ2n) is 9.41. The van der Waals surface area contributed by atoms with Gasteiger partial charge in [-0.05, 0) is 65.2 Å². The number of carboxylic acid groups (broad SMARTS) is 1. The zero-order valence-corrected chi connectivity index (χ0v) is 18.9. The topological polar surface area (TPSA) is 101 Å². The molecule has 0 aliphatic heterocycles. The normalized spacial score (nSPS) is 20.6. The minimum atomic E-state index is -0.755. The van der Waals surface area contributed by atoms with E-state index in [0.29, 0.717) is 37.9 Å². The summed E-state index contributed by atoms with van der Waals surface area (Å²) in [5.74, 6) is -0.438. The van der Waals surface area contributed by atoms with Crippen molar-refractivity contribution in [2.75, 3.05) is 0 Å². The first-order valence-electron chi connectivity index (χ1n) is 11.4. The first-order valence-corrected chi connectivity index (χ1v) is 11.4. The van der Waals surface area contributed by atoms with Gasteiger partial charge in [-0.2, -0.15) is 0 Å². The number of Topliss-reactive ketones (excluding diaryl/α,β-unsaturated/α-hetero) is 1. The molecule has 1 fully saturated rings. The number of carboxylic acids is 1. The second kappa shape index (κ2) is 13.6. The minimum Gasteiger partial charge on any atom is -0.481 e. The van der Waals surface area contributed by atoms with Crippen LogP contribution in [0.15, 0.2) is 12.2 Å². The van der Waals surface area contributed by atoms with E-state index in [0.717, 1.165) is 38.5 Å². The molecule has 0 radical (unpaired) electrons. The number of carbonyl (C=O) groups excluding carboxylic acids is 2. The summed E-state index contributed by atoms with van der Waals surface area (Å²) in [4.78, 5) is 34.4. The molecular weight excluding hydrogens is 384 g/mol. The molecule has 3 unspecified atom stereocenters. The second-order valence-corrected chi connectivity index (χ2v) is 9.41. The maximum atomic E-state index is 12.2. The van der Waals surface area contributed by atoms with Crippen LogP contribution in [0.25, 0.3) is 0 Å². The zero-order valence-electron chi connectivity index (χ0n) is 18.9. The molecule has 1 aliphatic rings. The summed E-state index contributed by atoms with van der Waals surface area (Å²) in [7, 11) is 0. The molecule has 0 aromatic rings. The van der Waals surface area contributed by atoms with Gasteiger partial charge in [-0.15, -0.1) is 0 Å². The van der Waals surface area contributed by atoms with Gasteiger partial charge in [-0.3, -0.25) is 14.4 Å². The van der Waals surface area contributed by atoms with Crippen LogP contribution in [-0.2, 0) is 19.1 Å². The third-order valence-corrected chi connectivity index (χ3v) is 5.44. The Kier molecular flexibility index (Phi) is 11.9. The maximum Gasteiger partial charge on any atom is 0.306 e. The van der Waals surface area contributed by atoms with Gasteiger partial charge < -0.3 is 14.9 Å². The molecule has 0 saturated heterocycles. The van der Waals surface area contributed by atoms with Gasteiger partial charge in [0.15, 0.2) is 0 Å². The zero-order chi connectivity index (χ0) is 22.6. The van der Waals surface area contributed by atoms with E-state index in [4.69, 9.17) is 9.84 Å². The molecule has 6 nitrogen and oxygen atoms in total. The number of aliphatic carboxylic acids is 1. The van der Waals surface area contributed by atoms with Crippen LogP contribution >= 0.6 is 0 Å². The van der Waals surface area contributed by atoms with Gasteiger partial charge in [0.2, 0.25) is 0 Å². The van der Waals surface area contributed by atoms with Crippen LogP contribution in [0.2, 0.25) is 0 Å². The lowest BCUT2D eigenvalue weighted by molar-refractivity contribution is -0.155. The number of aliphatic hydroxyl groups excluding tert-OH is 1. The Balaban J connectivity index is 2.26. The highest BCUT2D eigenvalue weighted by atomic mass is 16.6. The van der Waals surface area contributed by atoms with Crippen molar-refractivity contribution >= 4 is 17.7 Å². The van der Waals surface area contributed by atoms with E-state index >= 15 is 0 Å². The summed E-state index contributed by atoms with van der Waals surface area (Å²) < 4.78 is 5.27. The Morgan fingerprint density at radius 2 is 1.77 bits per heavy atom. The molecule has 0 aromatic heterocycles. The number of allylic oxidation sites excluding steroid dienone is 1. The van der Waals surface area contributed by atoms with Gasteiger partial charge in [0.1, 0.15) is 11.4 Å². The quantitative estimate of drug-likeness (QED) is 0.235. The van der Waals surface area contributed by atoms with Crippen molar-refractivity contribution in [1.29, 1.82) is 0 Å².